The molecule has 4 saturated carbocycles. The van der Waals surface area contributed by atoms with Crippen molar-refractivity contribution >= 4 is 5.97 Å². The van der Waals surface area contributed by atoms with E-state index in [4.69, 9.17) is 9.47 Å². The third-order valence-electron chi connectivity index (χ3n) is 13.5. The molecule has 0 radical (unpaired) electrons. The van der Waals surface area contributed by atoms with Crippen LogP contribution in [0.25, 0.3) is 0 Å². The number of aliphatic hydroxyl groups is 1. The number of hydrogen-bond donors (Lipinski definition) is 1. The maximum Gasteiger partial charge on any atom is 0.302 e. The lowest BCUT2D eigenvalue weighted by Crippen LogP contribution is -2.64. The first-order valence-corrected chi connectivity index (χ1v) is 15.1. The molecule has 1 saturated heterocycles. The van der Waals surface area contributed by atoms with E-state index in [1.165, 1.54) is 44.9 Å². The Morgan fingerprint density at radius 2 is 1.47 bits per heavy atom. The van der Waals surface area contributed by atoms with Gasteiger partial charge < -0.3 is 14.6 Å². The van der Waals surface area contributed by atoms with Crippen LogP contribution in [-0.2, 0) is 14.3 Å². The number of fused-ring (bicyclic) bond motifs is 5. The van der Waals surface area contributed by atoms with Crippen molar-refractivity contribution in [2.45, 2.75) is 150 Å². The summed E-state index contributed by atoms with van der Waals surface area (Å²) in [7, 11) is 0. The van der Waals surface area contributed by atoms with Gasteiger partial charge in [-0.05, 0) is 125 Å². The van der Waals surface area contributed by atoms with Crippen molar-refractivity contribution in [1.29, 1.82) is 0 Å². The van der Waals surface area contributed by atoms with Crippen molar-refractivity contribution in [2.24, 2.45) is 45.3 Å². The van der Waals surface area contributed by atoms with Crippen LogP contribution in [0.2, 0.25) is 0 Å². The predicted molar refractivity (Wildman–Crippen MR) is 143 cm³/mol. The van der Waals surface area contributed by atoms with E-state index in [1.807, 2.05) is 13.8 Å². The van der Waals surface area contributed by atoms with Gasteiger partial charge in [0, 0.05) is 12.3 Å². The van der Waals surface area contributed by atoms with E-state index in [0.717, 1.165) is 25.2 Å². The molecule has 0 spiro atoms. The average molecular weight is 503 g/mol. The van der Waals surface area contributed by atoms with Gasteiger partial charge in [-0.3, -0.25) is 4.79 Å². The predicted octanol–water partition coefficient (Wildman–Crippen LogP) is 7.31. The standard InChI is InChI=1S/C32H54O4/c1-20(33)35-25-14-16-29(6)23(27(25,2)3)13-18-31(8)24(29)11-10-21-22(12-17-30(21,31)7)32(9)19-15-26(36-32)28(4,5)34/h21-26,34H,10-19H2,1-9H3/t21-,22+,23+,24-,25+,26-,29+,30-,31-,32+/m1/s1. The second-order valence-corrected chi connectivity index (χ2v) is 15.9. The summed E-state index contributed by atoms with van der Waals surface area (Å²) >= 11 is 0. The van der Waals surface area contributed by atoms with Crippen LogP contribution in [0.1, 0.15) is 127 Å². The van der Waals surface area contributed by atoms with Crippen LogP contribution in [-0.4, -0.2) is 34.5 Å². The van der Waals surface area contributed by atoms with Gasteiger partial charge in [0.05, 0.1) is 17.3 Å². The number of ether oxygens (including phenoxy) is 2. The van der Waals surface area contributed by atoms with E-state index in [0.29, 0.717) is 34.0 Å². The molecule has 206 valence electrons. The first-order chi connectivity index (χ1) is 16.5. The molecule has 1 N–H and O–H groups in total. The van der Waals surface area contributed by atoms with E-state index < -0.39 is 5.60 Å². The molecule has 1 aliphatic heterocycles. The van der Waals surface area contributed by atoms with Gasteiger partial charge in [0.15, 0.2) is 0 Å². The first-order valence-electron chi connectivity index (χ1n) is 15.1. The van der Waals surface area contributed by atoms with E-state index in [2.05, 4.69) is 41.5 Å². The first kappa shape index (κ1) is 27.0. The molecular weight excluding hydrogens is 448 g/mol. The molecule has 5 fully saturated rings. The maximum atomic E-state index is 11.9. The van der Waals surface area contributed by atoms with Crippen LogP contribution in [0, 0.1) is 45.3 Å². The van der Waals surface area contributed by atoms with Gasteiger partial charge >= 0.3 is 5.97 Å². The molecule has 4 nitrogen and oxygen atoms in total. The molecule has 4 aliphatic carbocycles. The molecule has 1 heterocycles. The zero-order valence-corrected chi connectivity index (χ0v) is 24.7. The molecule has 5 aliphatic rings. The van der Waals surface area contributed by atoms with Gasteiger partial charge in [-0.15, -0.1) is 0 Å². The van der Waals surface area contributed by atoms with Crippen LogP contribution in [0.5, 0.6) is 0 Å². The number of carbonyl (C=O) groups is 1. The van der Waals surface area contributed by atoms with Gasteiger partial charge in [-0.25, -0.2) is 0 Å². The van der Waals surface area contributed by atoms with Crippen molar-refractivity contribution in [3.05, 3.63) is 0 Å². The topological polar surface area (TPSA) is 55.8 Å². The van der Waals surface area contributed by atoms with Crippen LogP contribution in [0.4, 0.5) is 0 Å². The van der Waals surface area contributed by atoms with Crippen molar-refractivity contribution in [3.8, 4) is 0 Å². The zero-order valence-electron chi connectivity index (χ0n) is 24.7. The third kappa shape index (κ3) is 3.62. The summed E-state index contributed by atoms with van der Waals surface area (Å²) in [5.74, 6) is 2.49. The second-order valence-electron chi connectivity index (χ2n) is 15.9. The number of rotatable bonds is 3. The molecule has 5 rings (SSSR count). The van der Waals surface area contributed by atoms with Crippen LogP contribution in [0.15, 0.2) is 0 Å². The molecule has 36 heavy (non-hydrogen) atoms. The summed E-state index contributed by atoms with van der Waals surface area (Å²) in [6, 6.07) is 0. The Morgan fingerprint density at radius 3 is 2.08 bits per heavy atom. The molecule has 0 aromatic carbocycles. The lowest BCUT2D eigenvalue weighted by molar-refractivity contribution is -0.231. The summed E-state index contributed by atoms with van der Waals surface area (Å²) in [6.45, 7) is 20.4. The smallest absolute Gasteiger partial charge is 0.302 e. The normalized spacial score (nSPS) is 52.3. The minimum absolute atomic E-state index is 0.0211. The number of hydrogen-bond acceptors (Lipinski definition) is 4. The van der Waals surface area contributed by atoms with Crippen LogP contribution >= 0.6 is 0 Å². The van der Waals surface area contributed by atoms with Gasteiger partial charge in [0.2, 0.25) is 0 Å². The fourth-order valence-electron chi connectivity index (χ4n) is 11.5. The van der Waals surface area contributed by atoms with Gasteiger partial charge in [-0.1, -0.05) is 34.6 Å². The summed E-state index contributed by atoms with van der Waals surface area (Å²) < 4.78 is 12.6. The largest absolute Gasteiger partial charge is 0.462 e. The minimum Gasteiger partial charge on any atom is -0.462 e. The monoisotopic (exact) mass is 502 g/mol. The Hall–Kier alpha value is -0.610. The quantitative estimate of drug-likeness (QED) is 0.411. The Kier molecular flexibility index (Phi) is 6.14. The fourth-order valence-corrected chi connectivity index (χ4v) is 11.5. The van der Waals surface area contributed by atoms with E-state index in [1.54, 1.807) is 6.92 Å². The summed E-state index contributed by atoms with van der Waals surface area (Å²) in [5.41, 5.74) is 0.122. The van der Waals surface area contributed by atoms with Crippen molar-refractivity contribution in [1.82, 2.24) is 0 Å². The molecule has 0 unspecified atom stereocenters. The van der Waals surface area contributed by atoms with Crippen LogP contribution < -0.4 is 0 Å². The van der Waals surface area contributed by atoms with Gasteiger partial charge in [0.25, 0.3) is 0 Å². The SMILES string of the molecule is CC(=O)O[C@H]1CC[C@]2(C)[C@H]3CC[C@@H]4[C@@H]([C@]5(C)CC[C@H](C(C)(C)O)O5)CC[C@@]4(C)[C@]3(C)CC[C@H]2C1(C)C. The zero-order chi connectivity index (χ0) is 26.5. The van der Waals surface area contributed by atoms with Crippen molar-refractivity contribution in [2.75, 3.05) is 0 Å². The van der Waals surface area contributed by atoms with Gasteiger partial charge in [-0.2, -0.15) is 0 Å². The third-order valence-corrected chi connectivity index (χ3v) is 13.5. The number of carbonyl (C=O) groups excluding carboxylic acids is 1. The Balaban J connectivity index is 1.42. The molecule has 0 aromatic heterocycles. The lowest BCUT2D eigenvalue weighted by atomic mass is 9.35. The maximum absolute atomic E-state index is 11.9. The van der Waals surface area contributed by atoms with E-state index in [9.17, 15) is 9.90 Å². The summed E-state index contributed by atoms with van der Waals surface area (Å²) in [6.07, 6.45) is 11.9. The molecular formula is C32H54O4. The number of esters is 1. The average Bonchev–Trinajstić information content (AvgIpc) is 3.32. The second kappa shape index (κ2) is 8.20. The summed E-state index contributed by atoms with van der Waals surface area (Å²) in [5, 5.41) is 10.7. The Morgan fingerprint density at radius 1 is 0.806 bits per heavy atom. The van der Waals surface area contributed by atoms with E-state index >= 15 is 0 Å². The van der Waals surface area contributed by atoms with E-state index in [-0.39, 0.29) is 29.2 Å². The summed E-state index contributed by atoms with van der Waals surface area (Å²) in [4.78, 5) is 11.9. The van der Waals surface area contributed by atoms with Crippen molar-refractivity contribution < 1.29 is 19.4 Å². The molecule has 4 heteroatoms. The molecule has 0 aromatic rings. The molecule has 0 bridgehead atoms. The Labute approximate surface area is 220 Å². The molecule has 0 amide bonds. The minimum atomic E-state index is -0.770. The fraction of sp³-hybridized carbons (Fsp3) is 0.969. The highest BCUT2D eigenvalue weighted by molar-refractivity contribution is 5.66. The molecule has 10 atom stereocenters. The van der Waals surface area contributed by atoms with Crippen molar-refractivity contribution in [3.63, 3.8) is 0 Å². The highest BCUT2D eigenvalue weighted by atomic mass is 16.5. The highest BCUT2D eigenvalue weighted by Gasteiger charge is 2.70. The highest BCUT2D eigenvalue weighted by Crippen LogP contribution is 2.76. The van der Waals surface area contributed by atoms with Gasteiger partial charge in [0.1, 0.15) is 6.10 Å². The van der Waals surface area contributed by atoms with Crippen LogP contribution in [0.3, 0.4) is 0 Å². The lowest BCUT2D eigenvalue weighted by Gasteiger charge is -2.70. The Bertz CT molecular complexity index is 889.